The van der Waals surface area contributed by atoms with Gasteiger partial charge in [-0.2, -0.15) is 0 Å². The number of nitrogens with one attached hydrogen (secondary N) is 3. The van der Waals surface area contributed by atoms with Crippen molar-refractivity contribution in [1.29, 1.82) is 0 Å². The van der Waals surface area contributed by atoms with Gasteiger partial charge in [-0.3, -0.25) is 0 Å². The van der Waals surface area contributed by atoms with Crippen molar-refractivity contribution in [3.8, 4) is 0 Å². The number of carbonyl (C=O) groups is 1. The fourth-order valence-corrected chi connectivity index (χ4v) is 14.2. The zero-order valence-electron chi connectivity index (χ0n) is 11.3. The van der Waals surface area contributed by atoms with Crippen molar-refractivity contribution in [3.63, 3.8) is 0 Å². The van der Waals surface area contributed by atoms with Gasteiger partial charge < -0.3 is 0 Å². The van der Waals surface area contributed by atoms with Crippen LogP contribution in [0.2, 0.25) is 0 Å². The van der Waals surface area contributed by atoms with E-state index in [1.807, 2.05) is 0 Å². The van der Waals surface area contributed by atoms with Crippen molar-refractivity contribution in [2.45, 2.75) is 64.2 Å². The van der Waals surface area contributed by atoms with E-state index in [9.17, 15) is 4.79 Å². The number of carbonyl (C=O) groups excluding carboxylic acids is 1. The molecule has 3 heterocycles. The van der Waals surface area contributed by atoms with Gasteiger partial charge in [0.1, 0.15) is 0 Å². The third-order valence-electron chi connectivity index (χ3n) is 5.55. The van der Waals surface area contributed by atoms with E-state index in [1.165, 1.54) is 38.5 Å². The second-order valence-electron chi connectivity index (χ2n) is 6.62. The van der Waals surface area contributed by atoms with Gasteiger partial charge in [0.05, 0.1) is 0 Å². The normalized spacial score (nSPS) is 41.7. The summed E-state index contributed by atoms with van der Waals surface area (Å²) in [6.07, 6.45) is 9.86. The standard InChI is InChI=1S/C13H20I2N3O2/c19-10(12(14-16-12)13-15(17-13)18-13)20-11(7-3-4-8-11)9-5-1-2-6-9/h9,16-18H,1-8H2/q-1. The van der Waals surface area contributed by atoms with Crippen LogP contribution in [0.3, 0.4) is 0 Å². The zero-order valence-corrected chi connectivity index (χ0v) is 15.6. The SMILES string of the molecule is O=C(OC1(C2CCCC2)CCCC1)C1(C23NI2N3)N[I-]1. The summed E-state index contributed by atoms with van der Waals surface area (Å²) in [7, 11) is 0. The second-order valence-corrected chi connectivity index (χ2v) is 13.6. The maximum absolute atomic E-state index is 12.8. The molecule has 20 heavy (non-hydrogen) atoms. The summed E-state index contributed by atoms with van der Waals surface area (Å²) < 4.78 is 16.5. The van der Waals surface area contributed by atoms with E-state index in [-0.39, 0.29) is 40.3 Å². The van der Waals surface area contributed by atoms with Crippen LogP contribution in [0.15, 0.2) is 0 Å². The Balaban J connectivity index is 1.37. The Morgan fingerprint density at radius 2 is 1.75 bits per heavy atom. The third kappa shape index (κ3) is 1.67. The summed E-state index contributed by atoms with van der Waals surface area (Å²) in [5.41, 5.74) is -0.103. The van der Waals surface area contributed by atoms with Crippen LogP contribution < -0.4 is 32.1 Å². The molecule has 0 aromatic heterocycles. The molecule has 2 aliphatic carbocycles. The minimum absolute atomic E-state index is 0.0523. The topological polar surface area (TPSA) is 92.1 Å². The Kier molecular flexibility index (Phi) is 2.79. The summed E-state index contributed by atoms with van der Waals surface area (Å²) in [5.74, 6) is 0.714. The molecule has 5 nitrogen and oxygen atoms in total. The first kappa shape index (κ1) is 13.3. The number of rotatable bonds is 4. The van der Waals surface area contributed by atoms with E-state index in [1.54, 1.807) is 0 Å². The van der Waals surface area contributed by atoms with E-state index < -0.39 is 20.4 Å². The van der Waals surface area contributed by atoms with Gasteiger partial charge in [0, 0.05) is 0 Å². The first-order valence-electron chi connectivity index (χ1n) is 7.62. The number of alkyl halides is 2. The molecule has 0 spiro atoms. The average Bonchev–Trinajstić information content (AvgIpc) is 3.33. The van der Waals surface area contributed by atoms with Gasteiger partial charge in [0.25, 0.3) is 0 Å². The molecule has 2 saturated carbocycles. The van der Waals surface area contributed by atoms with Crippen LogP contribution in [-0.4, -0.2) is 18.8 Å². The number of hydrogen-bond donors (Lipinski definition) is 3. The number of fused-ring (bicyclic) bond motifs is 1. The molecule has 0 amide bonds. The average molecular weight is 504 g/mol. The predicted octanol–water partition coefficient (Wildman–Crippen LogP) is -1.47. The molecule has 7 heteroatoms. The number of halogens is 2. The fourth-order valence-electron chi connectivity index (χ4n) is 4.15. The summed E-state index contributed by atoms with van der Waals surface area (Å²) in [6, 6.07) is 0. The van der Waals surface area contributed by atoms with E-state index >= 15 is 0 Å². The second kappa shape index (κ2) is 4.21. The van der Waals surface area contributed by atoms with Gasteiger partial charge in [-0.05, 0) is 0 Å². The summed E-state index contributed by atoms with van der Waals surface area (Å²) in [5, 5.41) is 0. The van der Waals surface area contributed by atoms with E-state index in [0.29, 0.717) is 5.92 Å². The molecule has 1 unspecified atom stereocenters. The van der Waals surface area contributed by atoms with Crippen LogP contribution in [0.1, 0.15) is 51.4 Å². The van der Waals surface area contributed by atoms with Crippen LogP contribution in [-0.2, 0) is 9.53 Å². The van der Waals surface area contributed by atoms with Crippen molar-refractivity contribution in [3.05, 3.63) is 0 Å². The predicted molar refractivity (Wildman–Crippen MR) is 78.1 cm³/mol. The van der Waals surface area contributed by atoms with Crippen LogP contribution >= 0.6 is 20.4 Å². The molecule has 0 bridgehead atoms. The van der Waals surface area contributed by atoms with Crippen molar-refractivity contribution >= 4 is 26.3 Å². The van der Waals surface area contributed by atoms with Crippen molar-refractivity contribution in [2.24, 2.45) is 5.92 Å². The number of hydrogen-bond acceptors (Lipinski definition) is 5. The summed E-state index contributed by atoms with van der Waals surface area (Å²) in [4.78, 5) is 12.8. The summed E-state index contributed by atoms with van der Waals surface area (Å²) >= 11 is -1.28. The maximum atomic E-state index is 12.8. The van der Waals surface area contributed by atoms with Gasteiger partial charge in [-0.25, -0.2) is 0 Å². The van der Waals surface area contributed by atoms with E-state index in [4.69, 9.17) is 4.74 Å². The zero-order chi connectivity index (χ0) is 13.4. The Morgan fingerprint density at radius 1 is 1.15 bits per heavy atom. The van der Waals surface area contributed by atoms with Crippen LogP contribution in [0.25, 0.3) is 0 Å². The molecular formula is C13H20I2N3O2-. The Hall–Kier alpha value is 0.810. The van der Waals surface area contributed by atoms with Gasteiger partial charge in [-0.1, -0.05) is 0 Å². The molecule has 3 saturated heterocycles. The van der Waals surface area contributed by atoms with E-state index in [2.05, 4.69) is 10.6 Å². The summed E-state index contributed by atoms with van der Waals surface area (Å²) in [6.45, 7) is 0. The Labute approximate surface area is 137 Å². The molecule has 5 aliphatic rings. The number of esters is 1. The first-order chi connectivity index (χ1) is 9.71. The number of ether oxygens (including phenoxy) is 1. The monoisotopic (exact) mass is 504 g/mol. The molecule has 0 radical (unpaired) electrons. The molecule has 5 fully saturated rings. The van der Waals surface area contributed by atoms with Crippen molar-refractivity contribution in [1.82, 2.24) is 10.6 Å². The minimum atomic E-state index is -1.07. The van der Waals surface area contributed by atoms with Crippen molar-refractivity contribution in [2.75, 3.05) is 0 Å². The molecule has 114 valence electrons. The fraction of sp³-hybridized carbons (Fsp3) is 0.923. The molecule has 3 N–H and O–H groups in total. The quantitative estimate of drug-likeness (QED) is 0.109. The van der Waals surface area contributed by atoms with Crippen LogP contribution in [0, 0.1) is 5.92 Å². The van der Waals surface area contributed by atoms with Gasteiger partial charge in [-0.15, -0.1) is 0 Å². The molecule has 0 aromatic rings. The molecule has 0 aromatic carbocycles. The molecule has 1 atom stereocenters. The first-order valence-corrected chi connectivity index (χ1v) is 13.0. The molecule has 3 aliphatic heterocycles. The van der Waals surface area contributed by atoms with Crippen LogP contribution in [0.5, 0.6) is 0 Å². The molecule has 5 rings (SSSR count). The van der Waals surface area contributed by atoms with E-state index in [0.717, 1.165) is 12.8 Å². The molecular weight excluding hydrogens is 484 g/mol. The van der Waals surface area contributed by atoms with Gasteiger partial charge in [0.2, 0.25) is 0 Å². The van der Waals surface area contributed by atoms with Gasteiger partial charge in [0.15, 0.2) is 0 Å². The Bertz CT molecular complexity index is 464. The van der Waals surface area contributed by atoms with Gasteiger partial charge >= 0.3 is 138 Å². The van der Waals surface area contributed by atoms with Crippen LogP contribution in [0.4, 0.5) is 0 Å². The third-order valence-corrected chi connectivity index (χ3v) is 14.0. The Morgan fingerprint density at radius 3 is 2.25 bits per heavy atom. The van der Waals surface area contributed by atoms with Crippen molar-refractivity contribution < 1.29 is 31.0 Å².